The summed E-state index contributed by atoms with van der Waals surface area (Å²) in [6, 6.07) is 6.09. The van der Waals surface area contributed by atoms with Crippen LogP contribution in [0.25, 0.3) is 0 Å². The second-order valence-electron chi connectivity index (χ2n) is 14.8. The number of hydrogen-bond acceptors (Lipinski definition) is 9. The third-order valence-electron chi connectivity index (χ3n) is 7.82. The van der Waals surface area contributed by atoms with Crippen molar-refractivity contribution in [2.24, 2.45) is 0 Å². The van der Waals surface area contributed by atoms with Crippen molar-refractivity contribution in [1.82, 2.24) is 9.96 Å². The van der Waals surface area contributed by atoms with Crippen molar-refractivity contribution in [3.63, 3.8) is 0 Å². The van der Waals surface area contributed by atoms with Crippen LogP contribution in [0.3, 0.4) is 0 Å². The molecule has 1 saturated heterocycles. The van der Waals surface area contributed by atoms with Crippen molar-refractivity contribution >= 4 is 35.8 Å². The van der Waals surface area contributed by atoms with E-state index in [0.717, 1.165) is 43.4 Å². The molecule has 0 N–H and O–H groups in total. The first-order chi connectivity index (χ1) is 23.1. The molecule has 1 aromatic carbocycles. The normalized spacial score (nSPS) is 13.4. The molecular weight excluding hydrogens is 628 g/mol. The van der Waals surface area contributed by atoms with E-state index in [-0.39, 0.29) is 43.2 Å². The zero-order chi connectivity index (χ0) is 36.5. The Morgan fingerprint density at radius 1 is 0.633 bits per heavy atom. The summed E-state index contributed by atoms with van der Waals surface area (Å²) in [5.74, 6) is -2.41. The van der Waals surface area contributed by atoms with E-state index in [1.807, 2.05) is 20.8 Å². The SMILES string of the molecule is CC(C)(C)OC(=O)CCCCCCCCCCCCCCCC(=O)N(Cc1ccc(C(=O)ON2C(=O)CCC2=O)cc1)C(=O)OC(C)(C)C. The van der Waals surface area contributed by atoms with Crippen molar-refractivity contribution in [3.8, 4) is 0 Å². The van der Waals surface area contributed by atoms with Crippen LogP contribution in [-0.4, -0.2) is 56.9 Å². The summed E-state index contributed by atoms with van der Waals surface area (Å²) >= 11 is 0. The monoisotopic (exact) mass is 686 g/mol. The zero-order valence-corrected chi connectivity index (χ0v) is 30.6. The van der Waals surface area contributed by atoms with Gasteiger partial charge in [0, 0.05) is 25.7 Å². The summed E-state index contributed by atoms with van der Waals surface area (Å²) in [5, 5.41) is 0.489. The molecule has 0 unspecified atom stereocenters. The smallest absolute Gasteiger partial charge is 0.417 e. The molecule has 0 aromatic heterocycles. The predicted molar refractivity (Wildman–Crippen MR) is 185 cm³/mol. The molecule has 274 valence electrons. The number of carbonyl (C=O) groups is 6. The summed E-state index contributed by atoms with van der Waals surface area (Å²) in [6.07, 6.45) is 14.1. The number of hydroxylamine groups is 2. The van der Waals surface area contributed by atoms with E-state index in [1.165, 1.54) is 50.7 Å². The Kier molecular flexibility index (Phi) is 17.5. The molecule has 0 bridgehead atoms. The van der Waals surface area contributed by atoms with E-state index in [2.05, 4.69) is 0 Å². The van der Waals surface area contributed by atoms with Gasteiger partial charge in [0.1, 0.15) is 11.2 Å². The summed E-state index contributed by atoms with van der Waals surface area (Å²) in [6.45, 7) is 10.9. The van der Waals surface area contributed by atoms with Gasteiger partial charge in [0.2, 0.25) is 5.91 Å². The maximum atomic E-state index is 13.2. The summed E-state index contributed by atoms with van der Waals surface area (Å²) in [5.41, 5.74) is -0.472. The van der Waals surface area contributed by atoms with Gasteiger partial charge in [-0.25, -0.2) is 14.5 Å². The van der Waals surface area contributed by atoms with E-state index in [1.54, 1.807) is 32.9 Å². The van der Waals surface area contributed by atoms with Gasteiger partial charge in [-0.2, -0.15) is 0 Å². The maximum Gasteiger partial charge on any atom is 0.417 e. The fourth-order valence-electron chi connectivity index (χ4n) is 5.31. The number of unbranched alkanes of at least 4 members (excludes halogenated alkanes) is 12. The quantitative estimate of drug-likeness (QED) is 0.0753. The van der Waals surface area contributed by atoms with E-state index in [0.29, 0.717) is 23.5 Å². The molecule has 0 radical (unpaired) electrons. The lowest BCUT2D eigenvalue weighted by Crippen LogP contribution is -2.40. The van der Waals surface area contributed by atoms with Crippen LogP contribution >= 0.6 is 0 Å². The number of esters is 1. The minimum absolute atomic E-state index is 0.00306. The third-order valence-corrected chi connectivity index (χ3v) is 7.82. The van der Waals surface area contributed by atoms with Gasteiger partial charge in [-0.1, -0.05) is 82.8 Å². The van der Waals surface area contributed by atoms with Gasteiger partial charge in [0.15, 0.2) is 0 Å². The van der Waals surface area contributed by atoms with Crippen LogP contribution in [0.2, 0.25) is 0 Å². The topological polar surface area (TPSA) is 137 Å². The van der Waals surface area contributed by atoms with Gasteiger partial charge in [-0.15, -0.1) is 5.06 Å². The third kappa shape index (κ3) is 17.5. The lowest BCUT2D eigenvalue weighted by Gasteiger charge is -2.26. The van der Waals surface area contributed by atoms with Crippen molar-refractivity contribution < 1.29 is 43.1 Å². The van der Waals surface area contributed by atoms with Crippen molar-refractivity contribution in [1.29, 1.82) is 0 Å². The number of hydrogen-bond donors (Lipinski definition) is 0. The molecule has 0 saturated carbocycles. The van der Waals surface area contributed by atoms with Crippen LogP contribution in [0, 0.1) is 0 Å². The number of nitrogens with zero attached hydrogens (tertiary/aromatic N) is 2. The molecule has 0 spiro atoms. The largest absolute Gasteiger partial charge is 0.460 e. The molecule has 2 rings (SSSR count). The Morgan fingerprint density at radius 3 is 1.51 bits per heavy atom. The molecular formula is C38H58N2O9. The Balaban J connectivity index is 1.65. The second kappa shape index (κ2) is 20.7. The predicted octanol–water partition coefficient (Wildman–Crippen LogP) is 8.36. The lowest BCUT2D eigenvalue weighted by molar-refractivity contribution is -0.172. The minimum Gasteiger partial charge on any atom is -0.460 e. The minimum atomic E-state index is -0.851. The molecule has 1 fully saturated rings. The van der Waals surface area contributed by atoms with Crippen molar-refractivity contribution in [3.05, 3.63) is 35.4 Å². The number of benzene rings is 1. The van der Waals surface area contributed by atoms with Gasteiger partial charge < -0.3 is 14.3 Å². The van der Waals surface area contributed by atoms with Crippen LogP contribution in [0.4, 0.5) is 4.79 Å². The molecule has 0 aliphatic carbocycles. The number of rotatable bonds is 20. The Bertz CT molecular complexity index is 1230. The van der Waals surface area contributed by atoms with E-state index >= 15 is 0 Å². The number of imide groups is 2. The highest BCUT2D eigenvalue weighted by Crippen LogP contribution is 2.19. The zero-order valence-electron chi connectivity index (χ0n) is 30.6. The molecule has 4 amide bonds. The van der Waals surface area contributed by atoms with Gasteiger partial charge >= 0.3 is 18.0 Å². The lowest BCUT2D eigenvalue weighted by atomic mass is 10.0. The molecule has 11 nitrogen and oxygen atoms in total. The molecule has 1 aromatic rings. The Hall–Kier alpha value is -3.76. The number of amides is 4. The molecule has 11 heteroatoms. The summed E-state index contributed by atoms with van der Waals surface area (Å²) < 4.78 is 10.8. The van der Waals surface area contributed by atoms with Gasteiger partial charge in [0.25, 0.3) is 11.8 Å². The van der Waals surface area contributed by atoms with Crippen LogP contribution in [0.15, 0.2) is 24.3 Å². The fourth-order valence-corrected chi connectivity index (χ4v) is 5.31. The van der Waals surface area contributed by atoms with E-state index < -0.39 is 35.1 Å². The van der Waals surface area contributed by atoms with Gasteiger partial charge in [0.05, 0.1) is 12.1 Å². The highest BCUT2D eigenvalue weighted by molar-refractivity contribution is 6.02. The number of ether oxygens (including phenoxy) is 2. The second-order valence-corrected chi connectivity index (χ2v) is 14.8. The first-order valence-electron chi connectivity index (χ1n) is 18.0. The van der Waals surface area contributed by atoms with Gasteiger partial charge in [-0.3, -0.25) is 19.2 Å². The maximum absolute atomic E-state index is 13.2. The van der Waals surface area contributed by atoms with E-state index in [9.17, 15) is 28.8 Å². The van der Waals surface area contributed by atoms with Crippen LogP contribution < -0.4 is 0 Å². The Labute approximate surface area is 292 Å². The molecule has 1 aliphatic rings. The Morgan fingerprint density at radius 2 is 1.06 bits per heavy atom. The van der Waals surface area contributed by atoms with Crippen molar-refractivity contribution in [2.45, 2.75) is 168 Å². The first-order valence-corrected chi connectivity index (χ1v) is 18.0. The summed E-state index contributed by atoms with van der Waals surface area (Å²) in [4.78, 5) is 79.9. The highest BCUT2D eigenvalue weighted by atomic mass is 16.7. The van der Waals surface area contributed by atoms with Crippen molar-refractivity contribution in [2.75, 3.05) is 0 Å². The van der Waals surface area contributed by atoms with E-state index in [4.69, 9.17) is 14.3 Å². The standard InChI is InChI=1S/C38H58N2O9/c1-37(2,3)47-34(44)21-19-17-15-13-11-9-7-8-10-12-14-16-18-20-31(41)39(36(46)48-38(4,5)6)28-29-22-24-30(25-23-29)35(45)49-40-32(42)26-27-33(40)43/h22-25H,7-21,26-28H2,1-6H3. The number of carbonyl (C=O) groups excluding carboxylic acids is 6. The molecule has 49 heavy (non-hydrogen) atoms. The van der Waals surface area contributed by atoms with Gasteiger partial charge in [-0.05, 0) is 72.1 Å². The highest BCUT2D eigenvalue weighted by Gasteiger charge is 2.33. The molecule has 1 heterocycles. The van der Waals surface area contributed by atoms with Crippen LogP contribution in [0.1, 0.15) is 167 Å². The molecule has 1 aliphatic heterocycles. The fraction of sp³-hybridized carbons (Fsp3) is 0.684. The summed E-state index contributed by atoms with van der Waals surface area (Å²) in [7, 11) is 0. The first kappa shape index (κ1) is 41.4. The average molecular weight is 687 g/mol. The average Bonchev–Trinajstić information content (AvgIpc) is 3.32. The molecule has 0 atom stereocenters. The van der Waals surface area contributed by atoms with Crippen LogP contribution in [0.5, 0.6) is 0 Å². The van der Waals surface area contributed by atoms with Crippen LogP contribution in [-0.2, 0) is 40.0 Å².